The van der Waals surface area contributed by atoms with Crippen LogP contribution in [-0.4, -0.2) is 36.7 Å². The normalized spacial score (nSPS) is 18.6. The summed E-state index contributed by atoms with van der Waals surface area (Å²) in [6.07, 6.45) is 0.667. The fourth-order valence-corrected chi connectivity index (χ4v) is 3.86. The lowest BCUT2D eigenvalue weighted by atomic mass is 9.86. The van der Waals surface area contributed by atoms with Crippen LogP contribution < -0.4 is 4.90 Å². The van der Waals surface area contributed by atoms with Gasteiger partial charge in [0, 0.05) is 19.5 Å². The quantitative estimate of drug-likeness (QED) is 0.855. The number of benzene rings is 2. The highest BCUT2D eigenvalue weighted by Crippen LogP contribution is 2.43. The zero-order valence-electron chi connectivity index (χ0n) is 13.2. The maximum atomic E-state index is 12.8. The number of carbonyl (C=O) groups is 1. The Morgan fingerprint density at radius 2 is 1.78 bits per heavy atom. The number of rotatable bonds is 2. The molecule has 1 fully saturated rings. The van der Waals surface area contributed by atoms with E-state index in [-0.39, 0.29) is 11.6 Å². The van der Waals surface area contributed by atoms with E-state index < -0.39 is 0 Å². The van der Waals surface area contributed by atoms with Gasteiger partial charge in [0.05, 0.1) is 11.2 Å². The molecule has 0 aliphatic carbocycles. The number of likely N-dealkylation sites (N-methyl/N-ethyl adjacent to an activating group) is 1. The Morgan fingerprint density at radius 1 is 1.09 bits per heavy atom. The molecular formula is C19H20N2O2. The summed E-state index contributed by atoms with van der Waals surface area (Å²) in [6, 6.07) is 18.0. The molecule has 2 aromatic carbocycles. The van der Waals surface area contributed by atoms with E-state index in [1.54, 1.807) is 0 Å². The van der Waals surface area contributed by atoms with Crippen LogP contribution in [0.2, 0.25) is 0 Å². The van der Waals surface area contributed by atoms with Gasteiger partial charge in [0.15, 0.2) is 0 Å². The number of ether oxygens (including phenoxy) is 1. The lowest BCUT2D eigenvalue weighted by Crippen LogP contribution is -2.69. The van der Waals surface area contributed by atoms with E-state index >= 15 is 0 Å². The number of fused-ring (bicyclic) bond motifs is 1. The number of hydrogen-bond donors (Lipinski definition) is 0. The summed E-state index contributed by atoms with van der Waals surface area (Å²) in [5, 5.41) is 0. The van der Waals surface area contributed by atoms with Gasteiger partial charge in [-0.15, -0.1) is 0 Å². The van der Waals surface area contributed by atoms with Crippen molar-refractivity contribution in [3.63, 3.8) is 0 Å². The van der Waals surface area contributed by atoms with Gasteiger partial charge in [-0.2, -0.15) is 0 Å². The molecule has 4 nitrogen and oxygen atoms in total. The molecule has 4 rings (SSSR count). The number of likely N-dealkylation sites (tertiary alicyclic amines) is 1. The average Bonchev–Trinajstić information content (AvgIpc) is 2.88. The van der Waals surface area contributed by atoms with Crippen LogP contribution in [0.4, 0.5) is 10.5 Å². The molecule has 118 valence electrons. The van der Waals surface area contributed by atoms with Crippen LogP contribution in [0, 0.1) is 0 Å². The van der Waals surface area contributed by atoms with Crippen molar-refractivity contribution in [3.05, 3.63) is 65.7 Å². The highest BCUT2D eigenvalue weighted by atomic mass is 16.6. The standard InChI is InChI=1S/C19H20N2O2/c1-20-13-19(14-20)11-16-9-5-6-10-17(16)21(19)18(22)23-12-15-7-3-2-4-8-15/h2-10H,11-14H2,1H3. The van der Waals surface area contributed by atoms with Gasteiger partial charge in [-0.25, -0.2) is 4.79 Å². The molecular weight excluding hydrogens is 288 g/mol. The summed E-state index contributed by atoms with van der Waals surface area (Å²) in [5.41, 5.74) is 3.11. The van der Waals surface area contributed by atoms with E-state index in [0.29, 0.717) is 6.61 Å². The largest absolute Gasteiger partial charge is 0.444 e. The first kappa shape index (κ1) is 14.3. The van der Waals surface area contributed by atoms with Gasteiger partial charge in [0.2, 0.25) is 0 Å². The second kappa shape index (κ2) is 5.39. The molecule has 1 amide bonds. The predicted octanol–water partition coefficient (Wildman–Crippen LogP) is 3.07. The number of nitrogens with zero attached hydrogens (tertiary/aromatic N) is 2. The van der Waals surface area contributed by atoms with Crippen LogP contribution >= 0.6 is 0 Å². The van der Waals surface area contributed by atoms with E-state index in [1.807, 2.05) is 53.4 Å². The smallest absolute Gasteiger partial charge is 0.415 e. The third-order valence-electron chi connectivity index (χ3n) is 4.74. The molecule has 0 radical (unpaired) electrons. The van der Waals surface area contributed by atoms with Crippen molar-refractivity contribution in [3.8, 4) is 0 Å². The molecule has 23 heavy (non-hydrogen) atoms. The minimum atomic E-state index is -0.244. The summed E-state index contributed by atoms with van der Waals surface area (Å²) < 4.78 is 5.60. The van der Waals surface area contributed by atoms with E-state index in [1.165, 1.54) is 5.56 Å². The first-order valence-corrected chi connectivity index (χ1v) is 7.95. The first-order valence-electron chi connectivity index (χ1n) is 7.95. The van der Waals surface area contributed by atoms with Gasteiger partial charge in [-0.3, -0.25) is 4.90 Å². The molecule has 1 saturated heterocycles. The van der Waals surface area contributed by atoms with Crippen LogP contribution in [0.3, 0.4) is 0 Å². The molecule has 0 N–H and O–H groups in total. The second-order valence-corrected chi connectivity index (χ2v) is 6.58. The van der Waals surface area contributed by atoms with Gasteiger partial charge in [-0.05, 0) is 24.2 Å². The molecule has 0 unspecified atom stereocenters. The van der Waals surface area contributed by atoms with Gasteiger partial charge >= 0.3 is 6.09 Å². The lowest BCUT2D eigenvalue weighted by Gasteiger charge is -2.50. The van der Waals surface area contributed by atoms with Gasteiger partial charge < -0.3 is 9.64 Å². The van der Waals surface area contributed by atoms with Crippen molar-refractivity contribution < 1.29 is 9.53 Å². The van der Waals surface area contributed by atoms with Crippen LogP contribution in [0.15, 0.2) is 54.6 Å². The molecule has 0 saturated carbocycles. The van der Waals surface area contributed by atoms with Crippen molar-refractivity contribution in [2.75, 3.05) is 25.0 Å². The SMILES string of the molecule is CN1CC2(Cc3ccccc3N2C(=O)OCc2ccccc2)C1. The van der Waals surface area contributed by atoms with Gasteiger partial charge in [0.25, 0.3) is 0 Å². The van der Waals surface area contributed by atoms with Crippen molar-refractivity contribution in [1.29, 1.82) is 0 Å². The molecule has 0 atom stereocenters. The highest BCUT2D eigenvalue weighted by molar-refractivity contribution is 5.93. The molecule has 2 aliphatic rings. The Morgan fingerprint density at radius 3 is 2.52 bits per heavy atom. The molecule has 0 aromatic heterocycles. The Bertz CT molecular complexity index is 723. The maximum Gasteiger partial charge on any atom is 0.415 e. The highest BCUT2D eigenvalue weighted by Gasteiger charge is 2.53. The summed E-state index contributed by atoms with van der Waals surface area (Å²) in [5.74, 6) is 0. The van der Waals surface area contributed by atoms with E-state index in [0.717, 1.165) is 30.8 Å². The molecule has 2 aliphatic heterocycles. The second-order valence-electron chi connectivity index (χ2n) is 6.58. The topological polar surface area (TPSA) is 32.8 Å². The number of para-hydroxylation sites is 1. The Labute approximate surface area is 136 Å². The van der Waals surface area contributed by atoms with Crippen LogP contribution in [-0.2, 0) is 17.8 Å². The molecule has 1 spiro atoms. The van der Waals surface area contributed by atoms with Crippen LogP contribution in [0.25, 0.3) is 0 Å². The molecule has 2 heterocycles. The van der Waals surface area contributed by atoms with Crippen LogP contribution in [0.1, 0.15) is 11.1 Å². The third kappa shape index (κ3) is 2.39. The van der Waals surface area contributed by atoms with E-state index in [4.69, 9.17) is 4.74 Å². The number of hydrogen-bond acceptors (Lipinski definition) is 3. The van der Waals surface area contributed by atoms with Crippen molar-refractivity contribution >= 4 is 11.8 Å². The Kier molecular flexibility index (Phi) is 3.34. The zero-order chi connectivity index (χ0) is 15.9. The van der Waals surface area contributed by atoms with Crippen molar-refractivity contribution in [2.24, 2.45) is 0 Å². The molecule has 0 bridgehead atoms. The predicted molar refractivity (Wildman–Crippen MR) is 89.5 cm³/mol. The third-order valence-corrected chi connectivity index (χ3v) is 4.74. The average molecular weight is 308 g/mol. The minimum absolute atomic E-state index is 0.133. The van der Waals surface area contributed by atoms with Crippen LogP contribution in [0.5, 0.6) is 0 Å². The van der Waals surface area contributed by atoms with Crippen molar-refractivity contribution in [1.82, 2.24) is 4.90 Å². The lowest BCUT2D eigenvalue weighted by molar-refractivity contribution is 0.0826. The summed E-state index contributed by atoms with van der Waals surface area (Å²) in [6.45, 7) is 2.09. The number of carbonyl (C=O) groups excluding carboxylic acids is 1. The zero-order valence-corrected chi connectivity index (χ0v) is 13.2. The maximum absolute atomic E-state index is 12.8. The molecule has 2 aromatic rings. The minimum Gasteiger partial charge on any atom is -0.444 e. The van der Waals surface area contributed by atoms with E-state index in [9.17, 15) is 4.79 Å². The first-order chi connectivity index (χ1) is 11.2. The fourth-order valence-electron chi connectivity index (χ4n) is 3.86. The summed E-state index contributed by atoms with van der Waals surface area (Å²) in [7, 11) is 2.09. The molecule has 4 heteroatoms. The van der Waals surface area contributed by atoms with Crippen molar-refractivity contribution in [2.45, 2.75) is 18.6 Å². The Hall–Kier alpha value is -2.33. The van der Waals surface area contributed by atoms with E-state index in [2.05, 4.69) is 18.0 Å². The monoisotopic (exact) mass is 308 g/mol. The summed E-state index contributed by atoms with van der Waals surface area (Å²) >= 11 is 0. The fraction of sp³-hybridized carbons (Fsp3) is 0.316. The summed E-state index contributed by atoms with van der Waals surface area (Å²) in [4.78, 5) is 16.9. The number of anilines is 1. The Balaban J connectivity index is 1.56. The number of amides is 1. The van der Waals surface area contributed by atoms with Gasteiger partial charge in [-0.1, -0.05) is 48.5 Å². The van der Waals surface area contributed by atoms with Gasteiger partial charge in [0.1, 0.15) is 6.61 Å².